The summed E-state index contributed by atoms with van der Waals surface area (Å²) in [7, 11) is 0. The molecule has 0 atom stereocenters. The number of hydrogen-bond donors (Lipinski definition) is 1. The van der Waals surface area contributed by atoms with E-state index in [9.17, 15) is 14.0 Å². The molecule has 0 saturated carbocycles. The molecule has 26 heavy (non-hydrogen) atoms. The molecule has 1 saturated heterocycles. The average Bonchev–Trinajstić information content (AvgIpc) is 2.69. The second-order valence-electron chi connectivity index (χ2n) is 6.16. The number of aromatic nitrogens is 1. The third-order valence-electron chi connectivity index (χ3n) is 4.45. The lowest BCUT2D eigenvalue weighted by Gasteiger charge is -2.34. The first-order valence-electron chi connectivity index (χ1n) is 8.58. The highest BCUT2D eigenvalue weighted by Gasteiger charge is 2.17. The number of nitrogens with one attached hydrogen (secondary N) is 1. The van der Waals surface area contributed by atoms with Crippen LogP contribution in [0.1, 0.15) is 15.9 Å². The lowest BCUT2D eigenvalue weighted by molar-refractivity contribution is -0.118. The first-order valence-corrected chi connectivity index (χ1v) is 8.58. The summed E-state index contributed by atoms with van der Waals surface area (Å²) >= 11 is 0. The SMILES string of the molecule is O=CN1CCN(c2cncc(C(=O)NCCc3ccccc3F)c2)CC1. The molecule has 1 fully saturated rings. The summed E-state index contributed by atoms with van der Waals surface area (Å²) in [5.41, 5.74) is 1.90. The molecule has 7 heteroatoms. The van der Waals surface area contributed by atoms with Gasteiger partial charge in [0.25, 0.3) is 5.91 Å². The molecule has 0 unspecified atom stereocenters. The molecule has 6 nitrogen and oxygen atoms in total. The fourth-order valence-corrected chi connectivity index (χ4v) is 2.92. The molecule has 2 aromatic rings. The Morgan fingerprint density at radius 3 is 2.69 bits per heavy atom. The standard InChI is InChI=1S/C19H21FN4O2/c20-18-4-2-1-3-15(18)5-6-22-19(26)16-11-17(13-21-12-16)24-9-7-23(14-25)8-10-24/h1-4,11-14H,5-10H2,(H,22,26). The maximum atomic E-state index is 13.6. The summed E-state index contributed by atoms with van der Waals surface area (Å²) in [4.78, 5) is 31.1. The van der Waals surface area contributed by atoms with E-state index in [2.05, 4.69) is 15.2 Å². The van der Waals surface area contributed by atoms with Crippen molar-refractivity contribution in [1.82, 2.24) is 15.2 Å². The number of hydrogen-bond acceptors (Lipinski definition) is 4. The predicted octanol–water partition coefficient (Wildman–Crippen LogP) is 1.47. The normalized spacial score (nSPS) is 14.2. The number of pyridine rings is 1. The van der Waals surface area contributed by atoms with Gasteiger partial charge in [-0.05, 0) is 24.1 Å². The lowest BCUT2D eigenvalue weighted by Crippen LogP contribution is -2.45. The van der Waals surface area contributed by atoms with Gasteiger partial charge in [0.15, 0.2) is 0 Å². The zero-order valence-corrected chi connectivity index (χ0v) is 14.4. The van der Waals surface area contributed by atoms with E-state index in [0.717, 1.165) is 12.1 Å². The van der Waals surface area contributed by atoms with Crippen molar-refractivity contribution in [2.24, 2.45) is 0 Å². The Balaban J connectivity index is 1.56. The van der Waals surface area contributed by atoms with Gasteiger partial charge in [-0.2, -0.15) is 0 Å². The maximum absolute atomic E-state index is 13.6. The van der Waals surface area contributed by atoms with E-state index < -0.39 is 0 Å². The summed E-state index contributed by atoms with van der Waals surface area (Å²) in [6.45, 7) is 3.07. The first kappa shape index (κ1) is 17.8. The quantitative estimate of drug-likeness (QED) is 0.796. The molecular weight excluding hydrogens is 335 g/mol. The highest BCUT2D eigenvalue weighted by atomic mass is 19.1. The molecule has 2 heterocycles. The van der Waals surface area contributed by atoms with Gasteiger partial charge in [-0.3, -0.25) is 14.6 Å². The minimum Gasteiger partial charge on any atom is -0.367 e. The van der Waals surface area contributed by atoms with Crippen molar-refractivity contribution in [2.75, 3.05) is 37.6 Å². The average molecular weight is 356 g/mol. The number of benzene rings is 1. The molecule has 2 amide bonds. The number of halogens is 1. The summed E-state index contributed by atoms with van der Waals surface area (Å²) in [6.07, 6.45) is 4.52. The summed E-state index contributed by atoms with van der Waals surface area (Å²) in [5, 5.41) is 2.80. The largest absolute Gasteiger partial charge is 0.367 e. The van der Waals surface area contributed by atoms with E-state index in [-0.39, 0.29) is 11.7 Å². The molecule has 3 rings (SSSR count). The van der Waals surface area contributed by atoms with Crippen LogP contribution in [0, 0.1) is 5.82 Å². The third-order valence-corrected chi connectivity index (χ3v) is 4.45. The predicted molar refractivity (Wildman–Crippen MR) is 96.5 cm³/mol. The van der Waals surface area contributed by atoms with Gasteiger partial charge in [-0.15, -0.1) is 0 Å². The number of carbonyl (C=O) groups excluding carboxylic acids is 2. The van der Waals surface area contributed by atoms with Crippen LogP contribution in [-0.2, 0) is 11.2 Å². The van der Waals surface area contributed by atoms with Crippen LogP contribution in [0.3, 0.4) is 0 Å². The van der Waals surface area contributed by atoms with Crippen molar-refractivity contribution < 1.29 is 14.0 Å². The fraction of sp³-hybridized carbons (Fsp3) is 0.316. The monoisotopic (exact) mass is 356 g/mol. The first-order chi connectivity index (χ1) is 12.7. The van der Waals surface area contributed by atoms with Gasteiger partial charge in [0.2, 0.25) is 6.41 Å². The molecule has 1 aromatic carbocycles. The number of piperazine rings is 1. The second kappa shape index (κ2) is 8.42. The van der Waals surface area contributed by atoms with Gasteiger partial charge in [0, 0.05) is 38.9 Å². The van der Waals surface area contributed by atoms with Crippen molar-refractivity contribution in [3.8, 4) is 0 Å². The second-order valence-corrected chi connectivity index (χ2v) is 6.16. The third kappa shape index (κ3) is 4.36. The number of nitrogens with zero attached hydrogens (tertiary/aromatic N) is 3. The van der Waals surface area contributed by atoms with E-state index in [0.29, 0.717) is 50.3 Å². The molecule has 0 radical (unpaired) electrons. The number of rotatable bonds is 6. The van der Waals surface area contributed by atoms with Gasteiger partial charge in [0.1, 0.15) is 5.82 Å². The van der Waals surface area contributed by atoms with Gasteiger partial charge in [-0.1, -0.05) is 18.2 Å². The Labute approximate surface area is 151 Å². The topological polar surface area (TPSA) is 65.5 Å². The zero-order chi connectivity index (χ0) is 18.4. The zero-order valence-electron chi connectivity index (χ0n) is 14.4. The van der Waals surface area contributed by atoms with Crippen LogP contribution >= 0.6 is 0 Å². The molecule has 1 N–H and O–H groups in total. The Kier molecular flexibility index (Phi) is 5.78. The summed E-state index contributed by atoms with van der Waals surface area (Å²) in [5.74, 6) is -0.498. The van der Waals surface area contributed by atoms with Crippen LogP contribution in [0.2, 0.25) is 0 Å². The van der Waals surface area contributed by atoms with Crippen LogP contribution in [-0.4, -0.2) is 54.9 Å². The minimum absolute atomic E-state index is 0.234. The Morgan fingerprint density at radius 1 is 1.19 bits per heavy atom. The molecule has 1 aromatic heterocycles. The van der Waals surface area contributed by atoms with Crippen molar-refractivity contribution >= 4 is 18.0 Å². The molecule has 136 valence electrons. The van der Waals surface area contributed by atoms with E-state index in [1.54, 1.807) is 35.4 Å². The fourth-order valence-electron chi connectivity index (χ4n) is 2.92. The van der Waals surface area contributed by atoms with Crippen molar-refractivity contribution in [3.63, 3.8) is 0 Å². The van der Waals surface area contributed by atoms with Crippen molar-refractivity contribution in [2.45, 2.75) is 6.42 Å². The Morgan fingerprint density at radius 2 is 1.96 bits per heavy atom. The van der Waals surface area contributed by atoms with Gasteiger partial charge in [-0.25, -0.2) is 4.39 Å². The smallest absolute Gasteiger partial charge is 0.252 e. The molecule has 0 bridgehead atoms. The molecule has 1 aliphatic rings. The summed E-state index contributed by atoms with van der Waals surface area (Å²) < 4.78 is 13.6. The lowest BCUT2D eigenvalue weighted by atomic mass is 10.1. The number of amides is 2. The van der Waals surface area contributed by atoms with E-state index in [4.69, 9.17) is 0 Å². The highest BCUT2D eigenvalue weighted by Crippen LogP contribution is 2.16. The van der Waals surface area contributed by atoms with E-state index in [1.165, 1.54) is 12.3 Å². The maximum Gasteiger partial charge on any atom is 0.252 e. The molecule has 0 aliphatic carbocycles. The molecule has 0 spiro atoms. The van der Waals surface area contributed by atoms with Crippen molar-refractivity contribution in [1.29, 1.82) is 0 Å². The Bertz CT molecular complexity index is 776. The van der Waals surface area contributed by atoms with Crippen LogP contribution < -0.4 is 10.2 Å². The molecular formula is C19H21FN4O2. The van der Waals surface area contributed by atoms with Crippen LogP contribution in [0.4, 0.5) is 10.1 Å². The van der Waals surface area contributed by atoms with Gasteiger partial charge < -0.3 is 15.1 Å². The van der Waals surface area contributed by atoms with Crippen LogP contribution in [0.5, 0.6) is 0 Å². The van der Waals surface area contributed by atoms with Gasteiger partial charge in [0.05, 0.1) is 17.4 Å². The highest BCUT2D eigenvalue weighted by molar-refractivity contribution is 5.94. The van der Waals surface area contributed by atoms with Crippen LogP contribution in [0.15, 0.2) is 42.7 Å². The minimum atomic E-state index is -0.264. The van der Waals surface area contributed by atoms with Gasteiger partial charge >= 0.3 is 0 Å². The summed E-state index contributed by atoms with van der Waals surface area (Å²) in [6, 6.07) is 8.33. The van der Waals surface area contributed by atoms with E-state index >= 15 is 0 Å². The van der Waals surface area contributed by atoms with Crippen LogP contribution in [0.25, 0.3) is 0 Å². The Hall–Kier alpha value is -2.96. The number of anilines is 1. The van der Waals surface area contributed by atoms with E-state index in [1.807, 2.05) is 0 Å². The number of carbonyl (C=O) groups is 2. The molecule has 1 aliphatic heterocycles. The van der Waals surface area contributed by atoms with Crippen molar-refractivity contribution in [3.05, 3.63) is 59.7 Å².